The SMILES string of the molecule is Cn1cc(CNc2nc3ccc([N+](=O)[O-])cc3o2)cn1. The van der Waals surface area contributed by atoms with Crippen molar-refractivity contribution in [3.05, 3.63) is 46.3 Å². The van der Waals surface area contributed by atoms with Crippen LogP contribution in [0.2, 0.25) is 0 Å². The molecule has 0 unspecified atom stereocenters. The van der Waals surface area contributed by atoms with Gasteiger partial charge in [-0.15, -0.1) is 0 Å². The first-order valence-corrected chi connectivity index (χ1v) is 5.88. The van der Waals surface area contributed by atoms with Crippen LogP contribution < -0.4 is 5.32 Å². The van der Waals surface area contributed by atoms with Crippen molar-refractivity contribution in [2.45, 2.75) is 6.54 Å². The molecule has 0 amide bonds. The first-order chi connectivity index (χ1) is 9.61. The number of aryl methyl sites for hydroxylation is 1. The zero-order valence-corrected chi connectivity index (χ0v) is 10.6. The number of rotatable bonds is 4. The molecule has 0 aliphatic heterocycles. The summed E-state index contributed by atoms with van der Waals surface area (Å²) in [6.45, 7) is 0.517. The largest absolute Gasteiger partial charge is 0.423 e. The molecular formula is C12H11N5O3. The Morgan fingerprint density at radius 3 is 3.05 bits per heavy atom. The maximum Gasteiger partial charge on any atom is 0.295 e. The molecule has 0 fully saturated rings. The van der Waals surface area contributed by atoms with Crippen LogP contribution in [0.25, 0.3) is 11.1 Å². The molecule has 8 nitrogen and oxygen atoms in total. The summed E-state index contributed by atoms with van der Waals surface area (Å²) < 4.78 is 7.13. The Labute approximate surface area is 113 Å². The van der Waals surface area contributed by atoms with Crippen LogP contribution in [-0.2, 0) is 13.6 Å². The summed E-state index contributed by atoms with van der Waals surface area (Å²) in [4.78, 5) is 14.4. The fraction of sp³-hybridized carbons (Fsp3) is 0.167. The number of hydrogen-bond donors (Lipinski definition) is 1. The Kier molecular flexibility index (Phi) is 2.82. The highest BCUT2D eigenvalue weighted by molar-refractivity contribution is 5.77. The molecule has 0 saturated carbocycles. The fourth-order valence-corrected chi connectivity index (χ4v) is 1.84. The van der Waals surface area contributed by atoms with Crippen molar-refractivity contribution >= 4 is 22.8 Å². The molecule has 8 heteroatoms. The predicted molar refractivity (Wildman–Crippen MR) is 71.2 cm³/mol. The zero-order chi connectivity index (χ0) is 14.1. The molecule has 0 saturated heterocycles. The summed E-state index contributed by atoms with van der Waals surface area (Å²) in [5.41, 5.74) is 1.92. The summed E-state index contributed by atoms with van der Waals surface area (Å²) in [5.74, 6) is 0. The van der Waals surface area contributed by atoms with Gasteiger partial charge in [0.15, 0.2) is 5.58 Å². The Morgan fingerprint density at radius 1 is 1.50 bits per heavy atom. The van der Waals surface area contributed by atoms with E-state index < -0.39 is 4.92 Å². The van der Waals surface area contributed by atoms with Crippen molar-refractivity contribution in [3.63, 3.8) is 0 Å². The van der Waals surface area contributed by atoms with Gasteiger partial charge in [-0.05, 0) is 6.07 Å². The van der Waals surface area contributed by atoms with Crippen LogP contribution in [0.5, 0.6) is 0 Å². The lowest BCUT2D eigenvalue weighted by atomic mass is 10.3. The van der Waals surface area contributed by atoms with Gasteiger partial charge in [-0.3, -0.25) is 14.8 Å². The molecule has 2 heterocycles. The molecule has 1 N–H and O–H groups in total. The van der Waals surface area contributed by atoms with Gasteiger partial charge in [0.2, 0.25) is 0 Å². The smallest absolute Gasteiger partial charge is 0.295 e. The zero-order valence-electron chi connectivity index (χ0n) is 10.6. The number of nitrogens with zero attached hydrogens (tertiary/aromatic N) is 4. The highest BCUT2D eigenvalue weighted by Crippen LogP contribution is 2.23. The number of nitro groups is 1. The highest BCUT2D eigenvalue weighted by atomic mass is 16.6. The quantitative estimate of drug-likeness (QED) is 0.577. The second-order valence-electron chi connectivity index (χ2n) is 4.30. The fourth-order valence-electron chi connectivity index (χ4n) is 1.84. The van der Waals surface area contributed by atoms with Crippen LogP contribution >= 0.6 is 0 Å². The van der Waals surface area contributed by atoms with E-state index in [9.17, 15) is 10.1 Å². The monoisotopic (exact) mass is 273 g/mol. The maximum absolute atomic E-state index is 10.7. The first kappa shape index (κ1) is 12.2. The van der Waals surface area contributed by atoms with Crippen molar-refractivity contribution in [3.8, 4) is 0 Å². The van der Waals surface area contributed by atoms with Crippen LogP contribution in [0.3, 0.4) is 0 Å². The number of non-ortho nitro benzene ring substituents is 1. The molecule has 0 aliphatic rings. The van der Waals surface area contributed by atoms with Gasteiger partial charge in [0.05, 0.1) is 17.2 Å². The van der Waals surface area contributed by atoms with Gasteiger partial charge in [-0.2, -0.15) is 10.1 Å². The number of anilines is 1. The van der Waals surface area contributed by atoms with Gasteiger partial charge in [-0.1, -0.05) is 0 Å². The number of fused-ring (bicyclic) bond motifs is 1. The van der Waals surface area contributed by atoms with Gasteiger partial charge in [0.1, 0.15) is 5.52 Å². The van der Waals surface area contributed by atoms with E-state index in [1.807, 2.05) is 13.2 Å². The van der Waals surface area contributed by atoms with Gasteiger partial charge in [-0.25, -0.2) is 0 Å². The molecular weight excluding hydrogens is 262 g/mol. The standard InChI is InChI=1S/C12H11N5O3/c1-16-7-8(6-14-16)5-13-12-15-10-3-2-9(17(18)19)4-11(10)20-12/h2-4,6-7H,5H2,1H3,(H,13,15). The molecule has 0 aliphatic carbocycles. The Morgan fingerprint density at radius 2 is 2.35 bits per heavy atom. The van der Waals surface area contributed by atoms with Crippen LogP contribution in [0.4, 0.5) is 11.7 Å². The maximum atomic E-state index is 10.7. The topological polar surface area (TPSA) is 99.0 Å². The molecule has 0 spiro atoms. The average Bonchev–Trinajstić information content (AvgIpc) is 3.00. The van der Waals surface area contributed by atoms with E-state index in [0.29, 0.717) is 23.7 Å². The second kappa shape index (κ2) is 4.65. The first-order valence-electron chi connectivity index (χ1n) is 5.88. The average molecular weight is 273 g/mol. The summed E-state index contributed by atoms with van der Waals surface area (Å²) in [5, 5.41) is 17.7. The van der Waals surface area contributed by atoms with E-state index in [1.54, 1.807) is 16.9 Å². The lowest BCUT2D eigenvalue weighted by Crippen LogP contribution is -1.98. The Hall–Kier alpha value is -2.90. The van der Waals surface area contributed by atoms with Gasteiger partial charge >= 0.3 is 0 Å². The minimum Gasteiger partial charge on any atom is -0.423 e. The number of benzene rings is 1. The van der Waals surface area contributed by atoms with Crippen molar-refractivity contribution in [2.24, 2.45) is 7.05 Å². The number of aromatic nitrogens is 3. The van der Waals surface area contributed by atoms with E-state index in [-0.39, 0.29) is 5.69 Å². The van der Waals surface area contributed by atoms with Gasteiger partial charge in [0, 0.05) is 31.4 Å². The van der Waals surface area contributed by atoms with Crippen LogP contribution in [0, 0.1) is 10.1 Å². The molecule has 20 heavy (non-hydrogen) atoms. The van der Waals surface area contributed by atoms with E-state index in [0.717, 1.165) is 5.56 Å². The number of oxazole rings is 1. The molecule has 3 aromatic rings. The minimum atomic E-state index is -0.468. The van der Waals surface area contributed by atoms with E-state index in [4.69, 9.17) is 4.42 Å². The lowest BCUT2D eigenvalue weighted by molar-refractivity contribution is -0.384. The van der Waals surface area contributed by atoms with E-state index >= 15 is 0 Å². The highest BCUT2D eigenvalue weighted by Gasteiger charge is 2.11. The molecule has 3 rings (SSSR count). The summed E-state index contributed by atoms with van der Waals surface area (Å²) in [6.07, 6.45) is 3.61. The number of nitrogens with one attached hydrogen (secondary N) is 1. The third-order valence-corrected chi connectivity index (χ3v) is 2.78. The van der Waals surface area contributed by atoms with Crippen LogP contribution in [0.15, 0.2) is 35.0 Å². The summed E-state index contributed by atoms with van der Waals surface area (Å²) in [7, 11) is 1.84. The molecule has 0 radical (unpaired) electrons. The number of nitro benzene ring substituents is 1. The van der Waals surface area contributed by atoms with Crippen LogP contribution in [-0.4, -0.2) is 19.7 Å². The van der Waals surface area contributed by atoms with E-state index in [2.05, 4.69) is 15.4 Å². The predicted octanol–water partition coefficient (Wildman–Crippen LogP) is 2.08. The van der Waals surface area contributed by atoms with Gasteiger partial charge < -0.3 is 9.73 Å². The molecule has 0 atom stereocenters. The molecule has 0 bridgehead atoms. The third kappa shape index (κ3) is 2.30. The molecule has 102 valence electrons. The lowest BCUT2D eigenvalue weighted by Gasteiger charge is -1.96. The Bertz CT molecular complexity index is 776. The van der Waals surface area contributed by atoms with Crippen molar-refractivity contribution in [1.82, 2.24) is 14.8 Å². The summed E-state index contributed by atoms with van der Waals surface area (Å²) >= 11 is 0. The van der Waals surface area contributed by atoms with Crippen molar-refractivity contribution in [1.29, 1.82) is 0 Å². The van der Waals surface area contributed by atoms with Crippen molar-refractivity contribution < 1.29 is 9.34 Å². The van der Waals surface area contributed by atoms with Gasteiger partial charge in [0.25, 0.3) is 11.7 Å². The minimum absolute atomic E-state index is 0.0209. The van der Waals surface area contributed by atoms with Crippen LogP contribution in [0.1, 0.15) is 5.56 Å². The second-order valence-corrected chi connectivity index (χ2v) is 4.30. The van der Waals surface area contributed by atoms with E-state index in [1.165, 1.54) is 12.1 Å². The molecule has 2 aromatic heterocycles. The van der Waals surface area contributed by atoms with Crippen molar-refractivity contribution in [2.75, 3.05) is 5.32 Å². The Balaban J connectivity index is 1.80. The number of hydrogen-bond acceptors (Lipinski definition) is 6. The molecule has 1 aromatic carbocycles. The normalized spacial score (nSPS) is 10.8. The summed E-state index contributed by atoms with van der Waals surface area (Å²) in [6, 6.07) is 4.64. The third-order valence-electron chi connectivity index (χ3n) is 2.78.